The minimum absolute atomic E-state index is 0.346. The van der Waals surface area contributed by atoms with Crippen LogP contribution in [0.4, 0.5) is 0 Å². The molecule has 0 bridgehead atoms. The summed E-state index contributed by atoms with van der Waals surface area (Å²) in [5.41, 5.74) is 2.53. The van der Waals surface area contributed by atoms with Gasteiger partial charge in [0.15, 0.2) is 0 Å². The van der Waals surface area contributed by atoms with E-state index in [9.17, 15) is 0 Å². The van der Waals surface area contributed by atoms with Gasteiger partial charge in [-0.2, -0.15) is 8.75 Å². The lowest BCUT2D eigenvalue weighted by Crippen LogP contribution is -2.19. The first-order valence-corrected chi connectivity index (χ1v) is 6.63. The van der Waals surface area contributed by atoms with E-state index in [0.29, 0.717) is 17.9 Å². The van der Waals surface area contributed by atoms with E-state index in [-0.39, 0.29) is 0 Å². The largest absolute Gasteiger partial charge is 0.311 e. The van der Waals surface area contributed by atoms with Gasteiger partial charge in [0, 0.05) is 0 Å². The maximum Gasteiger partial charge on any atom is 0.0915 e. The molecule has 3 nitrogen and oxygen atoms in total. The van der Waals surface area contributed by atoms with E-state index in [4.69, 9.17) is 0 Å². The van der Waals surface area contributed by atoms with Crippen molar-refractivity contribution in [1.82, 2.24) is 14.1 Å². The van der Waals surface area contributed by atoms with Crippen LogP contribution in [0.3, 0.4) is 0 Å². The quantitative estimate of drug-likeness (QED) is 0.899. The Balaban J connectivity index is 1.75. The van der Waals surface area contributed by atoms with Crippen molar-refractivity contribution < 1.29 is 0 Å². The summed E-state index contributed by atoms with van der Waals surface area (Å²) in [5.74, 6) is 1.33. The molecule has 0 amide bonds. The highest BCUT2D eigenvalue weighted by Crippen LogP contribution is 2.53. The zero-order valence-electron chi connectivity index (χ0n) is 9.71. The zero-order valence-corrected chi connectivity index (χ0v) is 10.5. The molecule has 0 aliphatic heterocycles. The van der Waals surface area contributed by atoms with Crippen LogP contribution in [-0.4, -0.2) is 15.8 Å². The van der Waals surface area contributed by atoms with Crippen LogP contribution in [0.1, 0.15) is 29.6 Å². The fourth-order valence-electron chi connectivity index (χ4n) is 2.56. The average molecular weight is 245 g/mol. The van der Waals surface area contributed by atoms with Gasteiger partial charge in [-0.3, -0.25) is 0 Å². The number of benzene rings is 1. The first-order valence-electron chi connectivity index (χ1n) is 5.90. The Hall–Kier alpha value is -1.26. The third-order valence-corrected chi connectivity index (χ3v) is 4.00. The molecule has 3 atom stereocenters. The van der Waals surface area contributed by atoms with Gasteiger partial charge in [0.1, 0.15) is 0 Å². The molecule has 17 heavy (non-hydrogen) atoms. The van der Waals surface area contributed by atoms with Crippen LogP contribution in [0.25, 0.3) is 0 Å². The molecule has 0 spiro atoms. The average Bonchev–Trinajstić information content (AvgIpc) is 2.97. The molecule has 1 aromatic heterocycles. The molecular formula is C13H15N3S. The van der Waals surface area contributed by atoms with Gasteiger partial charge in [-0.1, -0.05) is 30.3 Å². The van der Waals surface area contributed by atoms with Crippen molar-refractivity contribution in [1.29, 1.82) is 0 Å². The van der Waals surface area contributed by atoms with Gasteiger partial charge in [-0.05, 0) is 30.9 Å². The zero-order chi connectivity index (χ0) is 11.7. The summed E-state index contributed by atoms with van der Waals surface area (Å²) >= 11 is 1.29. The molecular weight excluding hydrogens is 230 g/mol. The lowest BCUT2D eigenvalue weighted by atomic mass is 10.0. The third-order valence-electron chi connectivity index (χ3n) is 3.50. The lowest BCUT2D eigenvalue weighted by Gasteiger charge is -2.12. The second-order valence-corrected chi connectivity index (χ2v) is 5.07. The number of nitrogens with zero attached hydrogens (tertiary/aromatic N) is 2. The topological polar surface area (TPSA) is 37.8 Å². The summed E-state index contributed by atoms with van der Waals surface area (Å²) < 4.78 is 8.43. The third kappa shape index (κ3) is 2.10. The molecule has 0 radical (unpaired) electrons. The van der Waals surface area contributed by atoms with Crippen LogP contribution in [0, 0.1) is 5.92 Å². The lowest BCUT2D eigenvalue weighted by molar-refractivity contribution is 0.508. The molecule has 3 unspecified atom stereocenters. The van der Waals surface area contributed by atoms with E-state index < -0.39 is 0 Å². The fraction of sp³-hybridized carbons (Fsp3) is 0.385. The molecule has 88 valence electrons. The van der Waals surface area contributed by atoms with Gasteiger partial charge in [0.2, 0.25) is 0 Å². The van der Waals surface area contributed by atoms with E-state index in [1.807, 2.05) is 13.2 Å². The summed E-state index contributed by atoms with van der Waals surface area (Å²) in [7, 11) is 2.00. The monoisotopic (exact) mass is 245 g/mol. The molecule has 1 saturated carbocycles. The van der Waals surface area contributed by atoms with E-state index in [2.05, 4.69) is 44.4 Å². The van der Waals surface area contributed by atoms with Crippen LogP contribution in [0.2, 0.25) is 0 Å². The van der Waals surface area contributed by atoms with E-state index in [1.54, 1.807) is 0 Å². The molecule has 2 aromatic rings. The van der Waals surface area contributed by atoms with E-state index in [0.717, 1.165) is 5.69 Å². The molecule has 1 heterocycles. The van der Waals surface area contributed by atoms with Crippen LogP contribution in [0.15, 0.2) is 36.5 Å². The maximum atomic E-state index is 4.34. The maximum absolute atomic E-state index is 4.34. The Bertz CT molecular complexity index is 469. The van der Waals surface area contributed by atoms with Crippen LogP contribution in [0.5, 0.6) is 0 Å². The molecule has 4 heteroatoms. The normalized spacial score (nSPS) is 24.5. The Labute approximate surface area is 105 Å². The Morgan fingerprint density at radius 3 is 2.82 bits per heavy atom. The van der Waals surface area contributed by atoms with Gasteiger partial charge in [-0.25, -0.2) is 0 Å². The summed E-state index contributed by atoms with van der Waals surface area (Å²) in [6.45, 7) is 0. The molecule has 1 fully saturated rings. The molecule has 1 aromatic carbocycles. The smallest absolute Gasteiger partial charge is 0.0915 e. The fourth-order valence-corrected chi connectivity index (χ4v) is 3.01. The highest BCUT2D eigenvalue weighted by atomic mass is 32.1. The Morgan fingerprint density at radius 1 is 1.35 bits per heavy atom. The van der Waals surface area contributed by atoms with E-state index >= 15 is 0 Å². The molecule has 1 N–H and O–H groups in total. The van der Waals surface area contributed by atoms with Gasteiger partial charge in [0.25, 0.3) is 0 Å². The highest BCUT2D eigenvalue weighted by molar-refractivity contribution is 6.99. The standard InChI is InChI=1S/C13H15N3S/c1-14-13(12-8-15-17-16-12)11-7-10(11)9-5-3-2-4-6-9/h2-6,8,10-11,13-14H,7H2,1H3. The van der Waals surface area contributed by atoms with E-state index in [1.165, 1.54) is 23.7 Å². The number of aromatic nitrogens is 2. The second kappa shape index (κ2) is 4.55. The SMILES string of the molecule is CNC(c1cnsn1)C1CC1c1ccccc1. The first-order chi connectivity index (χ1) is 8.40. The van der Waals surface area contributed by atoms with Crippen molar-refractivity contribution in [2.45, 2.75) is 18.4 Å². The summed E-state index contributed by atoms with van der Waals surface area (Å²) in [6.07, 6.45) is 3.12. The Kier molecular flexibility index (Phi) is 2.91. The summed E-state index contributed by atoms with van der Waals surface area (Å²) in [5, 5.41) is 3.37. The number of hydrogen-bond acceptors (Lipinski definition) is 4. The Morgan fingerprint density at radius 2 is 2.18 bits per heavy atom. The molecule has 1 aliphatic rings. The van der Waals surface area contributed by atoms with Crippen LogP contribution in [-0.2, 0) is 0 Å². The van der Waals surface area contributed by atoms with Crippen molar-refractivity contribution in [3.05, 3.63) is 47.8 Å². The molecule has 1 aliphatic carbocycles. The van der Waals surface area contributed by atoms with Crippen LogP contribution < -0.4 is 5.32 Å². The van der Waals surface area contributed by atoms with Gasteiger partial charge in [0.05, 0.1) is 29.7 Å². The van der Waals surface area contributed by atoms with Crippen molar-refractivity contribution in [3.63, 3.8) is 0 Å². The minimum atomic E-state index is 0.346. The number of hydrogen-bond donors (Lipinski definition) is 1. The van der Waals surface area contributed by atoms with Crippen molar-refractivity contribution in [2.75, 3.05) is 7.05 Å². The molecule has 0 saturated heterocycles. The van der Waals surface area contributed by atoms with Crippen molar-refractivity contribution in [3.8, 4) is 0 Å². The van der Waals surface area contributed by atoms with Crippen LogP contribution >= 0.6 is 11.7 Å². The molecule has 3 rings (SSSR count). The van der Waals surface area contributed by atoms with Crippen molar-refractivity contribution >= 4 is 11.7 Å². The van der Waals surface area contributed by atoms with Crippen molar-refractivity contribution in [2.24, 2.45) is 5.92 Å². The highest BCUT2D eigenvalue weighted by Gasteiger charge is 2.44. The minimum Gasteiger partial charge on any atom is -0.311 e. The number of rotatable bonds is 4. The predicted molar refractivity (Wildman–Crippen MR) is 69.0 cm³/mol. The van der Waals surface area contributed by atoms with Gasteiger partial charge in [-0.15, -0.1) is 0 Å². The first kappa shape index (κ1) is 10.9. The van der Waals surface area contributed by atoms with Gasteiger partial charge >= 0.3 is 0 Å². The summed E-state index contributed by atoms with van der Waals surface area (Å²) in [6, 6.07) is 11.1. The van der Waals surface area contributed by atoms with Gasteiger partial charge < -0.3 is 5.32 Å². The summed E-state index contributed by atoms with van der Waals surface area (Å²) in [4.78, 5) is 0. The predicted octanol–water partition coefficient (Wildman–Crippen LogP) is 2.60. The number of nitrogens with one attached hydrogen (secondary N) is 1. The second-order valence-electron chi connectivity index (χ2n) is 4.52.